The molecule has 112 valence electrons. The fraction of sp³-hybridized carbons (Fsp3) is 0.0667. The number of thiazole rings is 1. The smallest absolute Gasteiger partial charge is 0.267 e. The number of carbonyl (C=O) groups excluding carboxylic acids is 1. The summed E-state index contributed by atoms with van der Waals surface area (Å²) < 4.78 is 5.13. The van der Waals surface area contributed by atoms with Crippen LogP contribution in [0.3, 0.4) is 0 Å². The van der Waals surface area contributed by atoms with Crippen LogP contribution >= 0.6 is 34.3 Å². The Bertz CT molecular complexity index is 800. The van der Waals surface area contributed by atoms with E-state index in [0.29, 0.717) is 20.8 Å². The summed E-state index contributed by atoms with van der Waals surface area (Å²) in [6, 6.07) is 9.08. The van der Waals surface area contributed by atoms with Crippen molar-refractivity contribution < 1.29 is 9.53 Å². The maximum Gasteiger partial charge on any atom is 0.267 e. The van der Waals surface area contributed by atoms with Crippen molar-refractivity contribution >= 4 is 45.3 Å². The van der Waals surface area contributed by atoms with Gasteiger partial charge in [0.2, 0.25) is 0 Å². The first-order valence-corrected chi connectivity index (χ1v) is 8.45. The Morgan fingerprint density at radius 2 is 2.18 bits per heavy atom. The second kappa shape index (κ2) is 6.48. The zero-order valence-electron chi connectivity index (χ0n) is 11.5. The van der Waals surface area contributed by atoms with Crippen LogP contribution in [0.2, 0.25) is 5.02 Å². The fourth-order valence-electron chi connectivity index (χ4n) is 1.86. The molecule has 0 aliphatic rings. The van der Waals surface area contributed by atoms with E-state index < -0.39 is 0 Å². The van der Waals surface area contributed by atoms with E-state index in [2.05, 4.69) is 10.3 Å². The fourth-order valence-corrected chi connectivity index (χ4v) is 3.45. The second-order valence-corrected chi connectivity index (χ2v) is 6.53. The molecular formula is C15H11ClN2O2S2. The van der Waals surface area contributed by atoms with Gasteiger partial charge in [-0.05, 0) is 29.6 Å². The molecule has 2 heterocycles. The lowest BCUT2D eigenvalue weighted by atomic mass is 10.2. The van der Waals surface area contributed by atoms with E-state index in [1.807, 2.05) is 22.9 Å². The van der Waals surface area contributed by atoms with Gasteiger partial charge in [-0.25, -0.2) is 4.98 Å². The molecule has 4 nitrogen and oxygen atoms in total. The van der Waals surface area contributed by atoms with Crippen LogP contribution in [0.4, 0.5) is 5.13 Å². The molecule has 3 aromatic rings. The predicted molar refractivity (Wildman–Crippen MR) is 91.4 cm³/mol. The lowest BCUT2D eigenvalue weighted by molar-refractivity contribution is 0.103. The number of aromatic nitrogens is 1. The molecule has 0 spiro atoms. The maximum absolute atomic E-state index is 12.0. The minimum absolute atomic E-state index is 0.149. The Morgan fingerprint density at radius 1 is 1.32 bits per heavy atom. The van der Waals surface area contributed by atoms with Gasteiger partial charge < -0.3 is 4.74 Å². The number of nitrogens with zero attached hydrogens (tertiary/aromatic N) is 1. The second-order valence-electron chi connectivity index (χ2n) is 4.32. The molecule has 0 atom stereocenters. The van der Waals surface area contributed by atoms with Crippen molar-refractivity contribution in [2.24, 2.45) is 0 Å². The summed E-state index contributed by atoms with van der Waals surface area (Å²) in [5.74, 6) is 0.468. The summed E-state index contributed by atoms with van der Waals surface area (Å²) in [6.45, 7) is 0. The van der Waals surface area contributed by atoms with Crippen LogP contribution in [0.15, 0.2) is 41.1 Å². The summed E-state index contributed by atoms with van der Waals surface area (Å²) in [5.41, 5.74) is 1.63. The molecule has 0 unspecified atom stereocenters. The van der Waals surface area contributed by atoms with Crippen molar-refractivity contribution in [3.05, 3.63) is 51.0 Å². The Balaban J connectivity index is 1.79. The van der Waals surface area contributed by atoms with Gasteiger partial charge in [0.1, 0.15) is 5.75 Å². The average Bonchev–Trinajstić information content (AvgIpc) is 3.18. The highest BCUT2D eigenvalue weighted by Crippen LogP contribution is 2.31. The van der Waals surface area contributed by atoms with E-state index in [1.54, 1.807) is 25.3 Å². The van der Waals surface area contributed by atoms with Crippen molar-refractivity contribution in [1.82, 2.24) is 4.98 Å². The molecule has 3 rings (SSSR count). The SMILES string of the molecule is COc1ccc(-c2csc(NC(=O)c3cccs3)n2)cc1Cl. The van der Waals surface area contributed by atoms with Crippen LogP contribution in [0.1, 0.15) is 9.67 Å². The Hall–Kier alpha value is -1.89. The van der Waals surface area contributed by atoms with E-state index in [0.717, 1.165) is 11.3 Å². The van der Waals surface area contributed by atoms with E-state index in [4.69, 9.17) is 16.3 Å². The Kier molecular flexibility index (Phi) is 4.42. The van der Waals surface area contributed by atoms with Crippen molar-refractivity contribution in [2.45, 2.75) is 0 Å². The highest BCUT2D eigenvalue weighted by molar-refractivity contribution is 7.14. The van der Waals surface area contributed by atoms with Gasteiger partial charge >= 0.3 is 0 Å². The number of methoxy groups -OCH3 is 1. The third-order valence-electron chi connectivity index (χ3n) is 2.92. The van der Waals surface area contributed by atoms with Gasteiger partial charge in [0.15, 0.2) is 5.13 Å². The third kappa shape index (κ3) is 3.14. The normalized spacial score (nSPS) is 10.5. The van der Waals surface area contributed by atoms with Gasteiger partial charge in [-0.2, -0.15) is 0 Å². The molecule has 0 radical (unpaired) electrons. The summed E-state index contributed by atoms with van der Waals surface area (Å²) in [6.07, 6.45) is 0. The van der Waals surface area contributed by atoms with Crippen molar-refractivity contribution in [3.8, 4) is 17.0 Å². The van der Waals surface area contributed by atoms with E-state index in [1.165, 1.54) is 22.7 Å². The number of hydrogen-bond donors (Lipinski definition) is 1. The molecule has 0 aliphatic heterocycles. The number of rotatable bonds is 4. The predicted octanol–water partition coefficient (Wildman–Crippen LogP) is 4.79. The summed E-state index contributed by atoms with van der Waals surface area (Å²) in [5, 5.41) is 7.61. The van der Waals surface area contributed by atoms with Crippen LogP contribution < -0.4 is 10.1 Å². The molecule has 1 amide bonds. The van der Waals surface area contributed by atoms with Gasteiger partial charge in [0.05, 0.1) is 22.7 Å². The first-order chi connectivity index (χ1) is 10.7. The van der Waals surface area contributed by atoms with Gasteiger partial charge in [-0.1, -0.05) is 17.7 Å². The standard InChI is InChI=1S/C15H11ClN2O2S2/c1-20-12-5-4-9(7-10(12)16)11-8-22-15(17-11)18-14(19)13-3-2-6-21-13/h2-8H,1H3,(H,17,18,19). The van der Waals surface area contributed by atoms with Crippen LogP contribution in [-0.2, 0) is 0 Å². The number of benzene rings is 1. The zero-order valence-corrected chi connectivity index (χ0v) is 13.9. The first kappa shape index (κ1) is 15.0. The molecule has 0 saturated heterocycles. The number of amides is 1. The molecule has 1 N–H and O–H groups in total. The van der Waals surface area contributed by atoms with Crippen molar-refractivity contribution in [3.63, 3.8) is 0 Å². The quantitative estimate of drug-likeness (QED) is 0.736. The summed E-state index contributed by atoms with van der Waals surface area (Å²) in [7, 11) is 1.57. The Morgan fingerprint density at radius 3 is 2.86 bits per heavy atom. The van der Waals surface area contributed by atoms with Gasteiger partial charge in [-0.3, -0.25) is 10.1 Å². The number of nitrogens with one attached hydrogen (secondary N) is 1. The van der Waals surface area contributed by atoms with Crippen LogP contribution in [0.25, 0.3) is 11.3 Å². The zero-order chi connectivity index (χ0) is 15.5. The average molecular weight is 351 g/mol. The highest BCUT2D eigenvalue weighted by atomic mass is 35.5. The lowest BCUT2D eigenvalue weighted by Gasteiger charge is -2.04. The van der Waals surface area contributed by atoms with Gasteiger partial charge in [-0.15, -0.1) is 22.7 Å². The molecule has 0 saturated carbocycles. The third-order valence-corrected chi connectivity index (χ3v) is 4.84. The molecule has 2 aromatic heterocycles. The van der Waals surface area contributed by atoms with Gasteiger partial charge in [0, 0.05) is 10.9 Å². The van der Waals surface area contributed by atoms with Crippen molar-refractivity contribution in [1.29, 1.82) is 0 Å². The first-order valence-electron chi connectivity index (χ1n) is 6.31. The van der Waals surface area contributed by atoms with Crippen molar-refractivity contribution in [2.75, 3.05) is 12.4 Å². The van der Waals surface area contributed by atoms with Crippen LogP contribution in [-0.4, -0.2) is 18.0 Å². The minimum atomic E-state index is -0.149. The largest absolute Gasteiger partial charge is 0.495 e. The lowest BCUT2D eigenvalue weighted by Crippen LogP contribution is -2.09. The molecule has 22 heavy (non-hydrogen) atoms. The number of thiophene rings is 1. The number of anilines is 1. The number of halogens is 1. The summed E-state index contributed by atoms with van der Waals surface area (Å²) in [4.78, 5) is 17.1. The molecule has 7 heteroatoms. The number of ether oxygens (including phenoxy) is 1. The number of hydrogen-bond acceptors (Lipinski definition) is 5. The molecule has 0 fully saturated rings. The Labute approximate surface area is 140 Å². The monoisotopic (exact) mass is 350 g/mol. The highest BCUT2D eigenvalue weighted by Gasteiger charge is 2.11. The van der Waals surface area contributed by atoms with E-state index >= 15 is 0 Å². The van der Waals surface area contributed by atoms with Crippen LogP contribution in [0, 0.1) is 0 Å². The summed E-state index contributed by atoms with van der Waals surface area (Å²) >= 11 is 8.89. The number of carbonyl (C=O) groups is 1. The van der Waals surface area contributed by atoms with E-state index in [9.17, 15) is 4.79 Å². The topological polar surface area (TPSA) is 51.2 Å². The maximum atomic E-state index is 12.0. The molecule has 0 bridgehead atoms. The minimum Gasteiger partial charge on any atom is -0.495 e. The molecule has 0 aliphatic carbocycles. The molecular weight excluding hydrogens is 340 g/mol. The van der Waals surface area contributed by atoms with Crippen LogP contribution in [0.5, 0.6) is 5.75 Å². The molecule has 1 aromatic carbocycles. The van der Waals surface area contributed by atoms with E-state index in [-0.39, 0.29) is 5.91 Å². The van der Waals surface area contributed by atoms with Gasteiger partial charge in [0.25, 0.3) is 5.91 Å².